The lowest BCUT2D eigenvalue weighted by molar-refractivity contribution is -0.134. The average Bonchev–Trinajstić information content (AvgIpc) is 3.41. The summed E-state index contributed by atoms with van der Waals surface area (Å²) in [7, 11) is 0. The topological polar surface area (TPSA) is 47.4 Å². The number of hydrogen-bond acceptors (Lipinski definition) is 3. The number of piperidine rings is 1. The standard InChI is InChI=1S/C19H29N3O2/c1-14-11-20-18(16-6-9-24-10-7-16)22(14)13-15-3-2-8-21(12-15)19(23)17-4-5-17/h11,15-17H,2-10,12-13H2,1H3. The summed E-state index contributed by atoms with van der Waals surface area (Å²) >= 11 is 0. The Kier molecular flexibility index (Phi) is 4.61. The van der Waals surface area contributed by atoms with Crippen molar-refractivity contribution in [2.45, 2.75) is 57.9 Å². The van der Waals surface area contributed by atoms with Gasteiger partial charge >= 0.3 is 0 Å². The first-order valence-electron chi connectivity index (χ1n) is 9.61. The molecule has 0 bridgehead atoms. The Hall–Kier alpha value is -1.36. The first-order chi connectivity index (χ1) is 11.7. The van der Waals surface area contributed by atoms with Crippen molar-refractivity contribution in [2.24, 2.45) is 11.8 Å². The van der Waals surface area contributed by atoms with Crippen molar-refractivity contribution >= 4 is 5.91 Å². The molecule has 5 heteroatoms. The molecule has 2 saturated heterocycles. The zero-order valence-electron chi connectivity index (χ0n) is 14.7. The molecule has 3 aliphatic rings. The average molecular weight is 331 g/mol. The van der Waals surface area contributed by atoms with Gasteiger partial charge in [-0.15, -0.1) is 0 Å². The van der Waals surface area contributed by atoms with Crippen molar-refractivity contribution in [2.75, 3.05) is 26.3 Å². The van der Waals surface area contributed by atoms with E-state index in [0.29, 0.717) is 23.7 Å². The van der Waals surface area contributed by atoms with Gasteiger partial charge in [0, 0.05) is 56.6 Å². The Morgan fingerprint density at radius 1 is 1.25 bits per heavy atom. The lowest BCUT2D eigenvalue weighted by Gasteiger charge is -2.34. The number of carbonyl (C=O) groups is 1. The molecule has 1 amide bonds. The van der Waals surface area contributed by atoms with Crippen molar-refractivity contribution in [3.8, 4) is 0 Å². The second-order valence-electron chi connectivity index (χ2n) is 7.82. The number of ether oxygens (including phenoxy) is 1. The molecule has 3 heterocycles. The molecule has 4 rings (SSSR count). The Balaban J connectivity index is 1.44. The third-order valence-corrected chi connectivity index (χ3v) is 5.87. The predicted octanol–water partition coefficient (Wildman–Crippen LogP) is 2.73. The Morgan fingerprint density at radius 3 is 2.79 bits per heavy atom. The van der Waals surface area contributed by atoms with Crippen LogP contribution in [0.2, 0.25) is 0 Å². The SMILES string of the molecule is Cc1cnc(C2CCOCC2)n1CC1CCCN(C(=O)C2CC2)C1. The fourth-order valence-electron chi connectivity index (χ4n) is 4.26. The van der Waals surface area contributed by atoms with E-state index >= 15 is 0 Å². The number of amides is 1. The van der Waals surface area contributed by atoms with Crippen LogP contribution in [-0.4, -0.2) is 46.7 Å². The highest BCUT2D eigenvalue weighted by Gasteiger charge is 2.35. The number of likely N-dealkylation sites (tertiary alicyclic amines) is 1. The van der Waals surface area contributed by atoms with Gasteiger partial charge in [-0.25, -0.2) is 4.98 Å². The quantitative estimate of drug-likeness (QED) is 0.852. The molecule has 1 aliphatic carbocycles. The number of carbonyl (C=O) groups excluding carboxylic acids is 1. The maximum Gasteiger partial charge on any atom is 0.225 e. The second-order valence-corrected chi connectivity index (χ2v) is 7.82. The molecule has 1 aromatic rings. The van der Waals surface area contributed by atoms with Gasteiger partial charge in [0.1, 0.15) is 5.82 Å². The molecule has 3 fully saturated rings. The van der Waals surface area contributed by atoms with Crippen LogP contribution < -0.4 is 0 Å². The predicted molar refractivity (Wildman–Crippen MR) is 91.8 cm³/mol. The van der Waals surface area contributed by atoms with E-state index in [2.05, 4.69) is 16.4 Å². The van der Waals surface area contributed by atoms with Crippen LogP contribution in [0, 0.1) is 18.8 Å². The van der Waals surface area contributed by atoms with Gasteiger partial charge in [-0.1, -0.05) is 0 Å². The third kappa shape index (κ3) is 3.37. The zero-order chi connectivity index (χ0) is 16.5. The normalized spacial score (nSPS) is 25.9. The van der Waals surface area contributed by atoms with E-state index in [9.17, 15) is 4.79 Å². The van der Waals surface area contributed by atoms with E-state index < -0.39 is 0 Å². The lowest BCUT2D eigenvalue weighted by atomic mass is 9.96. The van der Waals surface area contributed by atoms with Crippen LogP contribution >= 0.6 is 0 Å². The van der Waals surface area contributed by atoms with Crippen LogP contribution in [0.15, 0.2) is 6.20 Å². The monoisotopic (exact) mass is 331 g/mol. The molecule has 24 heavy (non-hydrogen) atoms. The van der Waals surface area contributed by atoms with Gasteiger partial charge in [-0.2, -0.15) is 0 Å². The summed E-state index contributed by atoms with van der Waals surface area (Å²) in [5.74, 6) is 3.08. The van der Waals surface area contributed by atoms with Crippen molar-refractivity contribution in [3.05, 3.63) is 17.7 Å². The molecule has 1 saturated carbocycles. The number of imidazole rings is 1. The summed E-state index contributed by atoms with van der Waals surface area (Å²) in [5, 5.41) is 0. The maximum atomic E-state index is 12.4. The van der Waals surface area contributed by atoms with Gasteiger partial charge in [0.15, 0.2) is 0 Å². The Morgan fingerprint density at radius 2 is 2.04 bits per heavy atom. The van der Waals surface area contributed by atoms with Gasteiger partial charge in [0.05, 0.1) is 0 Å². The summed E-state index contributed by atoms with van der Waals surface area (Å²) in [6, 6.07) is 0. The smallest absolute Gasteiger partial charge is 0.225 e. The number of nitrogens with zero attached hydrogens (tertiary/aromatic N) is 3. The molecular weight excluding hydrogens is 302 g/mol. The molecule has 1 atom stereocenters. The summed E-state index contributed by atoms with van der Waals surface area (Å²) in [4.78, 5) is 19.2. The first-order valence-corrected chi connectivity index (χ1v) is 9.61. The Bertz CT molecular complexity index is 587. The van der Waals surface area contributed by atoms with E-state index in [1.54, 1.807) is 0 Å². The second kappa shape index (κ2) is 6.87. The number of aromatic nitrogens is 2. The fourth-order valence-corrected chi connectivity index (χ4v) is 4.26. The summed E-state index contributed by atoms with van der Waals surface area (Å²) < 4.78 is 7.93. The van der Waals surface area contributed by atoms with E-state index in [1.807, 2.05) is 6.20 Å². The molecule has 0 aromatic carbocycles. The van der Waals surface area contributed by atoms with Crippen LogP contribution in [0.3, 0.4) is 0 Å². The minimum Gasteiger partial charge on any atom is -0.381 e. The zero-order valence-corrected chi connectivity index (χ0v) is 14.7. The first kappa shape index (κ1) is 16.1. The van der Waals surface area contributed by atoms with Crippen LogP contribution in [0.4, 0.5) is 0 Å². The molecule has 5 nitrogen and oxygen atoms in total. The Labute approximate surface area is 144 Å². The van der Waals surface area contributed by atoms with Crippen LogP contribution in [0.25, 0.3) is 0 Å². The largest absolute Gasteiger partial charge is 0.381 e. The van der Waals surface area contributed by atoms with Gasteiger partial charge < -0.3 is 14.2 Å². The minimum atomic E-state index is 0.344. The van der Waals surface area contributed by atoms with Gasteiger partial charge in [-0.3, -0.25) is 4.79 Å². The van der Waals surface area contributed by atoms with Crippen molar-refractivity contribution < 1.29 is 9.53 Å². The lowest BCUT2D eigenvalue weighted by Crippen LogP contribution is -2.42. The summed E-state index contributed by atoms with van der Waals surface area (Å²) in [5.41, 5.74) is 1.25. The van der Waals surface area contributed by atoms with E-state index in [-0.39, 0.29) is 0 Å². The van der Waals surface area contributed by atoms with Gasteiger partial charge in [-0.05, 0) is 51.4 Å². The molecule has 1 aromatic heterocycles. The van der Waals surface area contributed by atoms with Crippen molar-refractivity contribution in [1.82, 2.24) is 14.5 Å². The van der Waals surface area contributed by atoms with Gasteiger partial charge in [0.25, 0.3) is 0 Å². The third-order valence-electron chi connectivity index (χ3n) is 5.87. The molecule has 0 spiro atoms. The number of hydrogen-bond donors (Lipinski definition) is 0. The minimum absolute atomic E-state index is 0.344. The number of aryl methyl sites for hydroxylation is 1. The van der Waals surface area contributed by atoms with Crippen LogP contribution in [-0.2, 0) is 16.1 Å². The highest BCUT2D eigenvalue weighted by atomic mass is 16.5. The van der Waals surface area contributed by atoms with Crippen molar-refractivity contribution in [3.63, 3.8) is 0 Å². The molecule has 132 valence electrons. The maximum absolute atomic E-state index is 12.4. The fraction of sp³-hybridized carbons (Fsp3) is 0.789. The van der Waals surface area contributed by atoms with Gasteiger partial charge in [0.2, 0.25) is 5.91 Å². The number of rotatable bonds is 4. The highest BCUT2D eigenvalue weighted by molar-refractivity contribution is 5.81. The highest BCUT2D eigenvalue weighted by Crippen LogP contribution is 2.33. The van der Waals surface area contributed by atoms with Crippen LogP contribution in [0.1, 0.15) is 56.0 Å². The summed E-state index contributed by atoms with van der Waals surface area (Å²) in [6.45, 7) is 6.76. The van der Waals surface area contributed by atoms with E-state index in [0.717, 1.165) is 65.0 Å². The van der Waals surface area contributed by atoms with E-state index in [1.165, 1.54) is 17.9 Å². The molecule has 2 aliphatic heterocycles. The molecular formula is C19H29N3O2. The summed E-state index contributed by atoms with van der Waals surface area (Å²) in [6.07, 6.45) is 8.74. The van der Waals surface area contributed by atoms with E-state index in [4.69, 9.17) is 9.72 Å². The molecule has 0 radical (unpaired) electrons. The van der Waals surface area contributed by atoms with Crippen molar-refractivity contribution in [1.29, 1.82) is 0 Å². The molecule has 1 unspecified atom stereocenters. The van der Waals surface area contributed by atoms with Crippen LogP contribution in [0.5, 0.6) is 0 Å². The molecule has 0 N–H and O–H groups in total.